The Kier molecular flexibility index (Phi) is 2.92. The van der Waals surface area contributed by atoms with Crippen molar-refractivity contribution in [2.75, 3.05) is 12.3 Å². The first-order valence-corrected chi connectivity index (χ1v) is 7.04. The molecule has 0 saturated carbocycles. The molecule has 0 aliphatic carbocycles. The predicted octanol–water partition coefficient (Wildman–Crippen LogP) is 1.84. The van der Waals surface area contributed by atoms with E-state index in [1.165, 1.54) is 29.8 Å². The highest BCUT2D eigenvalue weighted by atomic mass is 32.2. The van der Waals surface area contributed by atoms with Crippen molar-refractivity contribution >= 4 is 11.8 Å². The van der Waals surface area contributed by atoms with E-state index in [1.807, 2.05) is 0 Å². The Balaban J connectivity index is 1.74. The molecule has 2 N–H and O–H groups in total. The van der Waals surface area contributed by atoms with Gasteiger partial charge in [-0.05, 0) is 17.5 Å². The van der Waals surface area contributed by atoms with Crippen LogP contribution in [0.5, 0.6) is 0 Å². The van der Waals surface area contributed by atoms with Gasteiger partial charge in [0.05, 0.1) is 0 Å². The standard InChI is InChI=1S/C13H18N2S/c14-6-10-3-1-2-4-11(10)7-15-8-13-5-12(15)9-16-13/h1-4,12-13H,5-9,14H2. The largest absolute Gasteiger partial charge is 0.326 e. The van der Waals surface area contributed by atoms with Gasteiger partial charge < -0.3 is 5.73 Å². The molecule has 3 rings (SSSR count). The summed E-state index contributed by atoms with van der Waals surface area (Å²) in [5.74, 6) is 1.33. The van der Waals surface area contributed by atoms with Crippen molar-refractivity contribution in [3.05, 3.63) is 35.4 Å². The molecule has 2 aliphatic rings. The van der Waals surface area contributed by atoms with Crippen molar-refractivity contribution in [1.29, 1.82) is 0 Å². The van der Waals surface area contributed by atoms with E-state index in [0.29, 0.717) is 6.54 Å². The van der Waals surface area contributed by atoms with Crippen molar-refractivity contribution in [2.24, 2.45) is 5.73 Å². The summed E-state index contributed by atoms with van der Waals surface area (Å²) in [5, 5.41) is 0.898. The molecule has 0 radical (unpaired) electrons. The van der Waals surface area contributed by atoms with E-state index in [2.05, 4.69) is 40.9 Å². The molecule has 2 atom stereocenters. The van der Waals surface area contributed by atoms with Gasteiger partial charge in [-0.25, -0.2) is 0 Å². The average molecular weight is 234 g/mol. The van der Waals surface area contributed by atoms with Crippen molar-refractivity contribution < 1.29 is 0 Å². The molecule has 0 amide bonds. The van der Waals surface area contributed by atoms with Crippen LogP contribution in [0.1, 0.15) is 17.5 Å². The zero-order chi connectivity index (χ0) is 11.0. The summed E-state index contributed by atoms with van der Waals surface area (Å²) in [4.78, 5) is 2.63. The van der Waals surface area contributed by atoms with Crippen molar-refractivity contribution in [2.45, 2.75) is 30.8 Å². The Labute approximate surface area is 101 Å². The van der Waals surface area contributed by atoms with E-state index in [-0.39, 0.29) is 0 Å². The average Bonchev–Trinajstić information content (AvgIpc) is 2.92. The molecule has 2 nitrogen and oxygen atoms in total. The van der Waals surface area contributed by atoms with Crippen molar-refractivity contribution in [1.82, 2.24) is 4.90 Å². The molecule has 2 bridgehead atoms. The van der Waals surface area contributed by atoms with Crippen LogP contribution in [0.15, 0.2) is 24.3 Å². The van der Waals surface area contributed by atoms with E-state index in [9.17, 15) is 0 Å². The number of hydrogen-bond donors (Lipinski definition) is 1. The normalized spacial score (nSPS) is 28.8. The highest BCUT2D eigenvalue weighted by molar-refractivity contribution is 8.00. The van der Waals surface area contributed by atoms with Crippen LogP contribution >= 0.6 is 11.8 Å². The summed E-state index contributed by atoms with van der Waals surface area (Å²) < 4.78 is 0. The van der Waals surface area contributed by atoms with Gasteiger partial charge in [0.25, 0.3) is 0 Å². The second kappa shape index (κ2) is 4.40. The molecule has 2 unspecified atom stereocenters. The molecule has 0 spiro atoms. The zero-order valence-electron chi connectivity index (χ0n) is 9.43. The SMILES string of the molecule is NCc1ccccc1CN1CC2CC1CS2. The third-order valence-electron chi connectivity index (χ3n) is 3.73. The van der Waals surface area contributed by atoms with Gasteiger partial charge in [-0.3, -0.25) is 4.90 Å². The molecule has 3 heteroatoms. The Bertz CT molecular complexity index is 380. The maximum atomic E-state index is 5.78. The number of nitrogens with zero attached hydrogens (tertiary/aromatic N) is 1. The molecule has 2 fully saturated rings. The fraction of sp³-hybridized carbons (Fsp3) is 0.538. The molecular weight excluding hydrogens is 216 g/mol. The third-order valence-corrected chi connectivity index (χ3v) is 5.12. The molecule has 0 aromatic heterocycles. The van der Waals surface area contributed by atoms with Crippen LogP contribution in [0.25, 0.3) is 0 Å². The number of thioether (sulfide) groups is 1. The first kappa shape index (κ1) is 10.6. The fourth-order valence-electron chi connectivity index (χ4n) is 2.80. The number of rotatable bonds is 3. The first-order valence-electron chi connectivity index (χ1n) is 5.99. The number of hydrogen-bond acceptors (Lipinski definition) is 3. The van der Waals surface area contributed by atoms with Gasteiger partial charge >= 0.3 is 0 Å². The lowest BCUT2D eigenvalue weighted by atomic mass is 10.1. The monoisotopic (exact) mass is 234 g/mol. The minimum Gasteiger partial charge on any atom is -0.326 e. The summed E-state index contributed by atoms with van der Waals surface area (Å²) in [6.45, 7) is 3.02. The highest BCUT2D eigenvalue weighted by Crippen LogP contribution is 2.38. The van der Waals surface area contributed by atoms with E-state index in [4.69, 9.17) is 5.73 Å². The minimum atomic E-state index is 0.660. The van der Waals surface area contributed by atoms with E-state index < -0.39 is 0 Å². The maximum absolute atomic E-state index is 5.78. The molecular formula is C13H18N2S. The molecule has 2 saturated heterocycles. The summed E-state index contributed by atoms with van der Waals surface area (Å²) >= 11 is 2.15. The Morgan fingerprint density at radius 3 is 2.75 bits per heavy atom. The summed E-state index contributed by atoms with van der Waals surface area (Å²) in [6, 6.07) is 9.40. The van der Waals surface area contributed by atoms with E-state index >= 15 is 0 Å². The molecule has 1 aromatic rings. The van der Waals surface area contributed by atoms with Gasteiger partial charge in [0.15, 0.2) is 0 Å². The molecule has 2 aliphatic heterocycles. The number of likely N-dealkylation sites (tertiary alicyclic amines) is 1. The van der Waals surface area contributed by atoms with Crippen LogP contribution in [0.2, 0.25) is 0 Å². The Hall–Kier alpha value is -0.510. The summed E-state index contributed by atoms with van der Waals surface area (Å²) in [5.41, 5.74) is 8.50. The third kappa shape index (κ3) is 1.88. The van der Waals surface area contributed by atoms with Gasteiger partial charge in [0.2, 0.25) is 0 Å². The van der Waals surface area contributed by atoms with Gasteiger partial charge in [0, 0.05) is 36.7 Å². The lowest BCUT2D eigenvalue weighted by Gasteiger charge is -2.27. The van der Waals surface area contributed by atoms with Crippen LogP contribution in [-0.2, 0) is 13.1 Å². The molecule has 16 heavy (non-hydrogen) atoms. The van der Waals surface area contributed by atoms with Gasteiger partial charge in [-0.2, -0.15) is 11.8 Å². The van der Waals surface area contributed by atoms with E-state index in [1.54, 1.807) is 0 Å². The minimum absolute atomic E-state index is 0.660. The number of benzene rings is 1. The second-order valence-electron chi connectivity index (χ2n) is 4.75. The van der Waals surface area contributed by atoms with Gasteiger partial charge in [-0.1, -0.05) is 24.3 Å². The lowest BCUT2D eigenvalue weighted by molar-refractivity contribution is 0.260. The molecule has 86 valence electrons. The smallest absolute Gasteiger partial charge is 0.0240 e. The van der Waals surface area contributed by atoms with Crippen LogP contribution in [-0.4, -0.2) is 28.5 Å². The molecule has 2 heterocycles. The van der Waals surface area contributed by atoms with Crippen molar-refractivity contribution in [3.63, 3.8) is 0 Å². The Morgan fingerprint density at radius 1 is 1.31 bits per heavy atom. The quantitative estimate of drug-likeness (QED) is 0.865. The fourth-order valence-corrected chi connectivity index (χ4v) is 4.30. The predicted molar refractivity (Wildman–Crippen MR) is 69.4 cm³/mol. The summed E-state index contributed by atoms with van der Waals surface area (Å²) in [7, 11) is 0. The summed E-state index contributed by atoms with van der Waals surface area (Å²) in [6.07, 6.45) is 1.40. The van der Waals surface area contributed by atoms with Crippen molar-refractivity contribution in [3.8, 4) is 0 Å². The Morgan fingerprint density at radius 2 is 2.12 bits per heavy atom. The van der Waals surface area contributed by atoms with Crippen LogP contribution in [0.4, 0.5) is 0 Å². The number of nitrogens with two attached hydrogens (primary N) is 1. The van der Waals surface area contributed by atoms with Gasteiger partial charge in [0.1, 0.15) is 0 Å². The highest BCUT2D eigenvalue weighted by Gasteiger charge is 2.38. The van der Waals surface area contributed by atoms with Crippen LogP contribution in [0, 0.1) is 0 Å². The van der Waals surface area contributed by atoms with E-state index in [0.717, 1.165) is 17.8 Å². The number of fused-ring (bicyclic) bond motifs is 2. The van der Waals surface area contributed by atoms with Gasteiger partial charge in [-0.15, -0.1) is 0 Å². The zero-order valence-corrected chi connectivity index (χ0v) is 10.2. The lowest BCUT2D eigenvalue weighted by Crippen LogP contribution is -2.33. The maximum Gasteiger partial charge on any atom is 0.0240 e. The second-order valence-corrected chi connectivity index (χ2v) is 6.08. The first-order chi connectivity index (χ1) is 7.86. The molecule has 1 aromatic carbocycles. The van der Waals surface area contributed by atoms with Crippen LogP contribution in [0.3, 0.4) is 0 Å². The van der Waals surface area contributed by atoms with Crippen LogP contribution < -0.4 is 5.73 Å². The topological polar surface area (TPSA) is 29.3 Å².